The summed E-state index contributed by atoms with van der Waals surface area (Å²) in [6.07, 6.45) is 1.02. The van der Waals surface area contributed by atoms with Gasteiger partial charge in [0.15, 0.2) is 0 Å². The third-order valence-corrected chi connectivity index (χ3v) is 3.86. The van der Waals surface area contributed by atoms with Crippen molar-refractivity contribution in [3.8, 4) is 0 Å². The number of hydrogen-bond acceptors (Lipinski definition) is 3. The molecule has 0 saturated heterocycles. The molecule has 0 aliphatic carbocycles. The second kappa shape index (κ2) is 6.63. The number of thiophene rings is 1. The number of hydrogen-bond donors (Lipinski definition) is 2. The molecule has 0 unspecified atom stereocenters. The number of aliphatic hydroxyl groups excluding tert-OH is 1. The van der Waals surface area contributed by atoms with Crippen molar-refractivity contribution in [2.75, 3.05) is 6.61 Å². The Morgan fingerprint density at radius 2 is 2.27 bits per heavy atom. The lowest BCUT2D eigenvalue weighted by molar-refractivity contribution is 0.224. The molecule has 0 spiro atoms. The van der Waals surface area contributed by atoms with Crippen LogP contribution < -0.4 is 5.32 Å². The average molecular weight is 292 g/mol. The Balaban J connectivity index is 2.34. The molecule has 0 aromatic carbocycles. The summed E-state index contributed by atoms with van der Waals surface area (Å²) >= 11 is 5.16. The van der Waals surface area contributed by atoms with Gasteiger partial charge in [0.25, 0.3) is 0 Å². The highest BCUT2D eigenvalue weighted by molar-refractivity contribution is 9.10. The number of nitrogens with one attached hydrogen (secondary N) is 1. The molecule has 0 saturated carbocycles. The summed E-state index contributed by atoms with van der Waals surface area (Å²) in [6, 6.07) is 2.33. The van der Waals surface area contributed by atoms with Crippen molar-refractivity contribution < 1.29 is 5.11 Å². The smallest absolute Gasteiger partial charge is 0.0584 e. The quantitative estimate of drug-likeness (QED) is 0.845. The fourth-order valence-electron chi connectivity index (χ4n) is 1.48. The van der Waals surface area contributed by atoms with Crippen molar-refractivity contribution in [2.45, 2.75) is 32.9 Å². The third-order valence-electron chi connectivity index (χ3n) is 2.16. The molecule has 0 radical (unpaired) electrons. The molecule has 1 aromatic heterocycles. The van der Waals surface area contributed by atoms with Gasteiger partial charge in [-0.1, -0.05) is 13.8 Å². The molecule has 2 nitrogen and oxygen atoms in total. The van der Waals surface area contributed by atoms with Crippen LogP contribution in [-0.2, 0) is 6.54 Å². The Labute approximate surface area is 104 Å². The Kier molecular flexibility index (Phi) is 5.82. The Bertz CT molecular complexity index is 288. The summed E-state index contributed by atoms with van der Waals surface area (Å²) in [6.45, 7) is 5.40. The van der Waals surface area contributed by atoms with E-state index in [2.05, 4.69) is 46.5 Å². The average Bonchev–Trinajstić information content (AvgIpc) is 2.58. The van der Waals surface area contributed by atoms with Crippen LogP contribution in [0.1, 0.15) is 25.1 Å². The summed E-state index contributed by atoms with van der Waals surface area (Å²) in [5, 5.41) is 14.6. The maximum Gasteiger partial charge on any atom is 0.0584 e. The van der Waals surface area contributed by atoms with Gasteiger partial charge in [0.05, 0.1) is 6.61 Å². The lowest BCUT2D eigenvalue weighted by Gasteiger charge is -2.17. The summed E-state index contributed by atoms with van der Waals surface area (Å²) in [7, 11) is 0. The summed E-state index contributed by atoms with van der Waals surface area (Å²) < 4.78 is 1.13. The minimum absolute atomic E-state index is 0.213. The Morgan fingerprint density at radius 3 is 2.73 bits per heavy atom. The van der Waals surface area contributed by atoms with E-state index in [1.54, 1.807) is 11.3 Å². The van der Waals surface area contributed by atoms with Crippen molar-refractivity contribution in [3.63, 3.8) is 0 Å². The van der Waals surface area contributed by atoms with E-state index in [1.807, 2.05) is 0 Å². The summed E-state index contributed by atoms with van der Waals surface area (Å²) in [5.74, 6) is 0.615. The highest BCUT2D eigenvalue weighted by Crippen LogP contribution is 2.19. The first-order chi connectivity index (χ1) is 7.11. The molecule has 2 N–H and O–H groups in total. The first-order valence-electron chi connectivity index (χ1n) is 5.19. The zero-order chi connectivity index (χ0) is 11.3. The van der Waals surface area contributed by atoms with Crippen LogP contribution in [0.25, 0.3) is 0 Å². The second-order valence-corrected chi connectivity index (χ2v) is 6.03. The molecular weight excluding hydrogens is 274 g/mol. The van der Waals surface area contributed by atoms with Gasteiger partial charge in [0.2, 0.25) is 0 Å². The van der Waals surface area contributed by atoms with Crippen LogP contribution >= 0.6 is 27.3 Å². The lowest BCUT2D eigenvalue weighted by Crippen LogP contribution is -2.32. The number of halogens is 1. The maximum absolute atomic E-state index is 9.19. The van der Waals surface area contributed by atoms with Crippen molar-refractivity contribution in [2.24, 2.45) is 5.92 Å². The normalized spacial score (nSPS) is 13.4. The van der Waals surface area contributed by atoms with E-state index in [1.165, 1.54) is 4.88 Å². The molecule has 1 heterocycles. The van der Waals surface area contributed by atoms with Crippen LogP contribution in [0.2, 0.25) is 0 Å². The summed E-state index contributed by atoms with van der Waals surface area (Å²) in [5.41, 5.74) is 0. The van der Waals surface area contributed by atoms with Gasteiger partial charge < -0.3 is 10.4 Å². The van der Waals surface area contributed by atoms with Gasteiger partial charge in [-0.05, 0) is 34.3 Å². The number of aliphatic hydroxyl groups is 1. The largest absolute Gasteiger partial charge is 0.395 e. The highest BCUT2D eigenvalue weighted by Gasteiger charge is 2.09. The van der Waals surface area contributed by atoms with Crippen LogP contribution in [0.4, 0.5) is 0 Å². The minimum atomic E-state index is 0.213. The first-order valence-corrected chi connectivity index (χ1v) is 6.86. The van der Waals surface area contributed by atoms with E-state index < -0.39 is 0 Å². The van der Waals surface area contributed by atoms with Crippen LogP contribution in [-0.4, -0.2) is 17.8 Å². The maximum atomic E-state index is 9.19. The summed E-state index contributed by atoms with van der Waals surface area (Å²) in [4.78, 5) is 1.30. The van der Waals surface area contributed by atoms with Crippen LogP contribution in [0, 0.1) is 5.92 Å². The zero-order valence-corrected chi connectivity index (χ0v) is 11.6. The minimum Gasteiger partial charge on any atom is -0.395 e. The molecule has 86 valence electrons. The molecule has 0 aliphatic heterocycles. The van der Waals surface area contributed by atoms with Gasteiger partial charge in [-0.25, -0.2) is 0 Å². The molecular formula is C11H18BrNOS. The van der Waals surface area contributed by atoms with Crippen molar-refractivity contribution in [1.82, 2.24) is 5.32 Å². The Morgan fingerprint density at radius 1 is 1.53 bits per heavy atom. The zero-order valence-electron chi connectivity index (χ0n) is 9.16. The van der Waals surface area contributed by atoms with Gasteiger partial charge in [0, 0.05) is 27.3 Å². The molecule has 0 amide bonds. The topological polar surface area (TPSA) is 32.3 Å². The van der Waals surface area contributed by atoms with E-state index in [0.717, 1.165) is 17.4 Å². The fourth-order valence-corrected chi connectivity index (χ4v) is 2.88. The number of rotatable bonds is 6. The van der Waals surface area contributed by atoms with Crippen molar-refractivity contribution in [1.29, 1.82) is 0 Å². The van der Waals surface area contributed by atoms with Crippen molar-refractivity contribution in [3.05, 3.63) is 20.8 Å². The van der Waals surface area contributed by atoms with E-state index in [0.29, 0.717) is 5.92 Å². The SMILES string of the molecule is CC(C)C[C@@H](CO)NCc1cc(Br)cs1. The van der Waals surface area contributed by atoms with Gasteiger partial charge >= 0.3 is 0 Å². The van der Waals surface area contributed by atoms with Gasteiger partial charge in [-0.3, -0.25) is 0 Å². The molecule has 4 heteroatoms. The fraction of sp³-hybridized carbons (Fsp3) is 0.636. The standard InChI is InChI=1S/C11H18BrNOS/c1-8(2)3-10(6-14)13-5-11-4-9(12)7-15-11/h4,7-8,10,13-14H,3,5-6H2,1-2H3/t10-/m0/s1. The second-order valence-electron chi connectivity index (χ2n) is 4.12. The van der Waals surface area contributed by atoms with Crippen LogP contribution in [0.15, 0.2) is 15.9 Å². The van der Waals surface area contributed by atoms with Gasteiger partial charge in [-0.2, -0.15) is 0 Å². The predicted molar refractivity (Wildman–Crippen MR) is 69.2 cm³/mol. The molecule has 15 heavy (non-hydrogen) atoms. The van der Waals surface area contributed by atoms with E-state index >= 15 is 0 Å². The van der Waals surface area contributed by atoms with E-state index in [4.69, 9.17) is 0 Å². The first kappa shape index (κ1) is 13.2. The van der Waals surface area contributed by atoms with Crippen molar-refractivity contribution >= 4 is 27.3 Å². The molecule has 0 bridgehead atoms. The van der Waals surface area contributed by atoms with Crippen LogP contribution in [0.3, 0.4) is 0 Å². The molecule has 1 rings (SSSR count). The lowest BCUT2D eigenvalue weighted by atomic mass is 10.0. The monoisotopic (exact) mass is 291 g/mol. The third kappa shape index (κ3) is 5.11. The molecule has 1 aromatic rings. The van der Waals surface area contributed by atoms with Gasteiger partial charge in [0.1, 0.15) is 0 Å². The molecule has 0 aliphatic rings. The predicted octanol–water partition coefficient (Wildman–Crippen LogP) is 3.01. The Hall–Kier alpha value is 0.1000. The van der Waals surface area contributed by atoms with Crippen LogP contribution in [0.5, 0.6) is 0 Å². The van der Waals surface area contributed by atoms with E-state index in [9.17, 15) is 5.11 Å². The highest BCUT2D eigenvalue weighted by atomic mass is 79.9. The van der Waals surface area contributed by atoms with Gasteiger partial charge in [-0.15, -0.1) is 11.3 Å². The molecule has 0 fully saturated rings. The molecule has 1 atom stereocenters. The van der Waals surface area contributed by atoms with E-state index in [-0.39, 0.29) is 12.6 Å².